The molecule has 0 amide bonds. The van der Waals surface area contributed by atoms with E-state index < -0.39 is 34.9 Å². The summed E-state index contributed by atoms with van der Waals surface area (Å²) in [6.07, 6.45) is -7.98. The van der Waals surface area contributed by atoms with Gasteiger partial charge in [-0.1, -0.05) is 48.5 Å². The van der Waals surface area contributed by atoms with E-state index in [2.05, 4.69) is 14.8 Å². The summed E-state index contributed by atoms with van der Waals surface area (Å²) in [5.41, 5.74) is -4.19. The minimum absolute atomic E-state index is 0.0159. The molecule has 12 heteroatoms. The van der Waals surface area contributed by atoms with Crippen molar-refractivity contribution in [1.82, 2.24) is 14.8 Å². The molecule has 2 aromatic carbocycles. The Bertz CT molecular complexity index is 1360. The number of carboxylic acids is 1. The van der Waals surface area contributed by atoms with Gasteiger partial charge in [-0.05, 0) is 54.7 Å². The van der Waals surface area contributed by atoms with E-state index in [4.69, 9.17) is 0 Å². The average molecular weight is 610 g/mol. The van der Waals surface area contributed by atoms with Gasteiger partial charge in [-0.3, -0.25) is 19.6 Å². The van der Waals surface area contributed by atoms with E-state index in [9.17, 15) is 41.4 Å². The van der Waals surface area contributed by atoms with Gasteiger partial charge in [0.2, 0.25) is 0 Å². The zero-order valence-electron chi connectivity index (χ0n) is 23.7. The van der Waals surface area contributed by atoms with Gasteiger partial charge in [0.15, 0.2) is 0 Å². The summed E-state index contributed by atoms with van der Waals surface area (Å²) in [6.45, 7) is 6.82. The molecule has 1 atom stereocenters. The second kappa shape index (κ2) is 12.3. The van der Waals surface area contributed by atoms with E-state index in [0.29, 0.717) is 49.3 Å². The Morgan fingerprint density at radius 3 is 1.84 bits per heavy atom. The predicted molar refractivity (Wildman–Crippen MR) is 148 cm³/mol. The van der Waals surface area contributed by atoms with Crippen molar-refractivity contribution in [2.24, 2.45) is 5.41 Å². The number of aliphatic carboxylic acids is 1. The minimum atomic E-state index is -5.94. The number of rotatable bonds is 9. The first-order chi connectivity index (χ1) is 20.0. The van der Waals surface area contributed by atoms with Gasteiger partial charge in [0, 0.05) is 56.7 Å². The molecule has 1 aliphatic heterocycles. The molecule has 232 valence electrons. The van der Waals surface area contributed by atoms with Crippen LogP contribution in [0.25, 0.3) is 11.1 Å². The standard InChI is InChI=1S/C31H33F6N3O3/c1-28(2,27(41)42)17-26-20-39(15-16-40(26)19-22-11-13-38-14-12-22)18-21-3-5-23(6-4-21)24-7-9-25(10-8-24)29(43,30(32,33)34)31(35,36)37/h3-14,26,43H,15-20H2,1-2H3,(H,41,42). The lowest BCUT2D eigenvalue weighted by Gasteiger charge is -2.43. The Labute approximate surface area is 245 Å². The highest BCUT2D eigenvalue weighted by Gasteiger charge is 2.71. The van der Waals surface area contributed by atoms with Crippen LogP contribution in [-0.2, 0) is 23.5 Å². The van der Waals surface area contributed by atoms with Gasteiger partial charge in [0.05, 0.1) is 5.41 Å². The molecular formula is C31H33F6N3O3. The van der Waals surface area contributed by atoms with Crippen molar-refractivity contribution in [2.75, 3.05) is 19.6 Å². The number of aliphatic hydroxyl groups is 1. The molecule has 2 heterocycles. The van der Waals surface area contributed by atoms with Crippen LogP contribution < -0.4 is 0 Å². The van der Waals surface area contributed by atoms with Crippen LogP contribution in [0.15, 0.2) is 73.1 Å². The third-order valence-electron chi connectivity index (χ3n) is 7.97. The molecular weight excluding hydrogens is 576 g/mol. The summed E-state index contributed by atoms with van der Waals surface area (Å²) in [5, 5.41) is 19.4. The summed E-state index contributed by atoms with van der Waals surface area (Å²) in [5.74, 6) is -0.862. The fraction of sp³-hybridized carbons (Fsp3) is 0.419. The summed E-state index contributed by atoms with van der Waals surface area (Å²) in [6, 6.07) is 14.5. The van der Waals surface area contributed by atoms with Crippen LogP contribution in [0.5, 0.6) is 0 Å². The quantitative estimate of drug-likeness (QED) is 0.280. The fourth-order valence-corrected chi connectivity index (χ4v) is 5.35. The molecule has 0 spiro atoms. The van der Waals surface area contributed by atoms with E-state index in [0.717, 1.165) is 36.3 Å². The molecule has 1 unspecified atom stereocenters. The molecule has 0 saturated carbocycles. The molecule has 1 fully saturated rings. The van der Waals surface area contributed by atoms with Gasteiger partial charge in [0.25, 0.3) is 5.60 Å². The van der Waals surface area contributed by atoms with Crippen LogP contribution in [0, 0.1) is 5.41 Å². The van der Waals surface area contributed by atoms with Crippen LogP contribution in [-0.4, -0.2) is 69.0 Å². The van der Waals surface area contributed by atoms with Crippen LogP contribution in [0.3, 0.4) is 0 Å². The number of hydrogen-bond acceptors (Lipinski definition) is 5. The summed E-state index contributed by atoms with van der Waals surface area (Å²) < 4.78 is 79.2. The van der Waals surface area contributed by atoms with Crippen molar-refractivity contribution in [2.45, 2.75) is 57.4 Å². The number of piperazine rings is 1. The second-order valence-corrected chi connectivity index (χ2v) is 11.6. The van der Waals surface area contributed by atoms with E-state index in [1.807, 2.05) is 24.3 Å². The highest BCUT2D eigenvalue weighted by Crippen LogP contribution is 2.50. The molecule has 1 saturated heterocycles. The largest absolute Gasteiger partial charge is 0.481 e. The Hall–Kier alpha value is -3.48. The highest BCUT2D eigenvalue weighted by atomic mass is 19.4. The SMILES string of the molecule is CC(C)(CC1CN(Cc2ccc(-c3ccc(C(O)(C(F)(F)F)C(F)(F)F)cc3)cc2)CCN1Cc1ccncc1)C(=O)O. The smallest absolute Gasteiger partial charge is 0.430 e. The number of carboxylic acid groups (broad SMARTS) is 1. The van der Waals surface area contributed by atoms with Crippen LogP contribution in [0.2, 0.25) is 0 Å². The number of pyridine rings is 1. The number of hydrogen-bond donors (Lipinski definition) is 2. The maximum Gasteiger partial charge on any atom is 0.430 e. The third-order valence-corrected chi connectivity index (χ3v) is 7.97. The maximum absolute atomic E-state index is 13.2. The van der Waals surface area contributed by atoms with Crippen molar-refractivity contribution in [3.05, 3.63) is 89.7 Å². The Balaban J connectivity index is 1.46. The van der Waals surface area contributed by atoms with E-state index in [1.54, 1.807) is 38.4 Å². The van der Waals surface area contributed by atoms with Gasteiger partial charge in [0.1, 0.15) is 0 Å². The number of nitrogens with zero attached hydrogens (tertiary/aromatic N) is 3. The molecule has 0 radical (unpaired) electrons. The zero-order chi connectivity index (χ0) is 31.6. The zero-order valence-corrected chi connectivity index (χ0v) is 23.7. The average Bonchev–Trinajstić information content (AvgIpc) is 2.93. The molecule has 1 aliphatic rings. The van der Waals surface area contributed by atoms with E-state index in [1.165, 1.54) is 0 Å². The highest BCUT2D eigenvalue weighted by molar-refractivity contribution is 5.73. The minimum Gasteiger partial charge on any atom is -0.481 e. The molecule has 0 aliphatic carbocycles. The maximum atomic E-state index is 13.2. The van der Waals surface area contributed by atoms with Gasteiger partial charge in [-0.15, -0.1) is 0 Å². The van der Waals surface area contributed by atoms with Gasteiger partial charge >= 0.3 is 18.3 Å². The molecule has 2 N–H and O–H groups in total. The first-order valence-corrected chi connectivity index (χ1v) is 13.7. The Morgan fingerprint density at radius 2 is 1.33 bits per heavy atom. The number of alkyl halides is 6. The second-order valence-electron chi connectivity index (χ2n) is 11.6. The molecule has 6 nitrogen and oxygen atoms in total. The van der Waals surface area contributed by atoms with Crippen molar-refractivity contribution >= 4 is 5.97 Å². The van der Waals surface area contributed by atoms with Gasteiger partial charge in [-0.25, -0.2) is 0 Å². The first kappa shape index (κ1) is 32.4. The number of carbonyl (C=O) groups is 1. The third kappa shape index (κ3) is 7.19. The van der Waals surface area contributed by atoms with Crippen molar-refractivity contribution < 1.29 is 41.4 Å². The molecule has 1 aromatic heterocycles. The van der Waals surface area contributed by atoms with E-state index in [-0.39, 0.29) is 6.04 Å². The monoisotopic (exact) mass is 609 g/mol. The predicted octanol–water partition coefficient (Wildman–Crippen LogP) is 6.25. The first-order valence-electron chi connectivity index (χ1n) is 13.7. The number of benzene rings is 2. The summed E-state index contributed by atoms with van der Waals surface area (Å²) >= 11 is 0. The van der Waals surface area contributed by atoms with Crippen LogP contribution in [0.4, 0.5) is 26.3 Å². The van der Waals surface area contributed by atoms with Gasteiger partial charge in [-0.2, -0.15) is 26.3 Å². The fourth-order valence-electron chi connectivity index (χ4n) is 5.35. The molecule has 4 rings (SSSR count). The lowest BCUT2D eigenvalue weighted by atomic mass is 9.84. The topological polar surface area (TPSA) is 76.9 Å². The normalized spacial score (nSPS) is 17.7. The van der Waals surface area contributed by atoms with E-state index >= 15 is 0 Å². The number of aromatic nitrogens is 1. The Kier molecular flexibility index (Phi) is 9.24. The van der Waals surface area contributed by atoms with Crippen LogP contribution >= 0.6 is 0 Å². The molecule has 3 aromatic rings. The van der Waals surface area contributed by atoms with Crippen molar-refractivity contribution in [3.8, 4) is 11.1 Å². The summed E-state index contributed by atoms with van der Waals surface area (Å²) in [7, 11) is 0. The number of halogens is 6. The van der Waals surface area contributed by atoms with Gasteiger partial charge < -0.3 is 10.2 Å². The summed E-state index contributed by atoms with van der Waals surface area (Å²) in [4.78, 5) is 20.5. The lowest BCUT2D eigenvalue weighted by molar-refractivity contribution is -0.376. The Morgan fingerprint density at radius 1 is 0.814 bits per heavy atom. The van der Waals surface area contributed by atoms with Crippen LogP contribution in [0.1, 0.15) is 37.0 Å². The lowest BCUT2D eigenvalue weighted by Crippen LogP contribution is -2.54. The van der Waals surface area contributed by atoms with Crippen molar-refractivity contribution in [1.29, 1.82) is 0 Å². The van der Waals surface area contributed by atoms with Crippen molar-refractivity contribution in [3.63, 3.8) is 0 Å². The molecule has 43 heavy (non-hydrogen) atoms. The molecule has 0 bridgehead atoms.